The molecule has 0 unspecified atom stereocenters. The molecule has 1 aromatic carbocycles. The van der Waals surface area contributed by atoms with Gasteiger partial charge in [0.05, 0.1) is 6.04 Å². The zero-order chi connectivity index (χ0) is 17.9. The summed E-state index contributed by atoms with van der Waals surface area (Å²) in [4.78, 5) is 49.0. The van der Waals surface area contributed by atoms with Crippen LogP contribution in [0, 0.1) is 0 Å². The highest BCUT2D eigenvalue weighted by atomic mass is 79.9. The van der Waals surface area contributed by atoms with Crippen LogP contribution in [0.5, 0.6) is 0 Å². The van der Waals surface area contributed by atoms with Gasteiger partial charge in [-0.15, -0.1) is 6.58 Å². The Morgan fingerprint density at radius 1 is 1.21 bits per heavy atom. The molecule has 24 heavy (non-hydrogen) atoms. The SMILES string of the molecule is C=CCN1C(=O)C(=O)N(CC(=O)N[C@H](C)c2ccc(Br)cc2)C1=O. The summed E-state index contributed by atoms with van der Waals surface area (Å²) in [5.74, 6) is -2.48. The van der Waals surface area contributed by atoms with Crippen molar-refractivity contribution in [1.29, 1.82) is 0 Å². The number of rotatable bonds is 6. The molecule has 0 aromatic heterocycles. The van der Waals surface area contributed by atoms with E-state index in [2.05, 4.69) is 27.8 Å². The van der Waals surface area contributed by atoms with Crippen molar-refractivity contribution in [2.75, 3.05) is 13.1 Å². The molecule has 1 heterocycles. The first-order valence-electron chi connectivity index (χ1n) is 7.18. The second-order valence-corrected chi connectivity index (χ2v) is 6.13. The van der Waals surface area contributed by atoms with Gasteiger partial charge in [-0.1, -0.05) is 34.1 Å². The average molecular weight is 394 g/mol. The van der Waals surface area contributed by atoms with E-state index in [0.717, 1.165) is 14.9 Å². The number of hydrogen-bond acceptors (Lipinski definition) is 4. The third-order valence-corrected chi connectivity index (χ3v) is 4.02. The lowest BCUT2D eigenvalue weighted by Gasteiger charge is -2.17. The van der Waals surface area contributed by atoms with Crippen molar-refractivity contribution in [3.05, 3.63) is 47.0 Å². The van der Waals surface area contributed by atoms with Crippen LogP contribution < -0.4 is 5.32 Å². The van der Waals surface area contributed by atoms with Gasteiger partial charge in [0.2, 0.25) is 5.91 Å². The summed E-state index contributed by atoms with van der Waals surface area (Å²) in [7, 11) is 0. The molecule has 0 spiro atoms. The van der Waals surface area contributed by atoms with Crippen molar-refractivity contribution in [2.45, 2.75) is 13.0 Å². The van der Waals surface area contributed by atoms with Gasteiger partial charge in [0.15, 0.2) is 0 Å². The Hall–Kier alpha value is -2.48. The number of nitrogens with zero attached hydrogens (tertiary/aromatic N) is 2. The van der Waals surface area contributed by atoms with Gasteiger partial charge in [-0.25, -0.2) is 9.69 Å². The number of imide groups is 2. The Morgan fingerprint density at radius 3 is 2.38 bits per heavy atom. The molecule has 7 nitrogen and oxygen atoms in total. The maximum atomic E-state index is 12.1. The first kappa shape index (κ1) is 17.9. The molecule has 126 valence electrons. The predicted octanol–water partition coefficient (Wildman–Crippen LogP) is 1.60. The molecule has 5 amide bonds. The minimum atomic E-state index is -1.01. The van der Waals surface area contributed by atoms with E-state index < -0.39 is 30.3 Å². The summed E-state index contributed by atoms with van der Waals surface area (Å²) in [5.41, 5.74) is 0.870. The van der Waals surface area contributed by atoms with Gasteiger partial charge in [-0.05, 0) is 24.6 Å². The van der Waals surface area contributed by atoms with Gasteiger partial charge in [-0.3, -0.25) is 19.3 Å². The van der Waals surface area contributed by atoms with E-state index in [4.69, 9.17) is 0 Å². The third kappa shape index (κ3) is 3.70. The van der Waals surface area contributed by atoms with Crippen LogP contribution in [0.3, 0.4) is 0 Å². The summed E-state index contributed by atoms with van der Waals surface area (Å²) in [6.07, 6.45) is 1.34. The third-order valence-electron chi connectivity index (χ3n) is 3.50. The van der Waals surface area contributed by atoms with Crippen LogP contribution in [0.1, 0.15) is 18.5 Å². The Labute approximate surface area is 147 Å². The van der Waals surface area contributed by atoms with E-state index in [1.54, 1.807) is 6.92 Å². The summed E-state index contributed by atoms with van der Waals surface area (Å²) in [6.45, 7) is 4.63. The fourth-order valence-electron chi connectivity index (χ4n) is 2.25. The van der Waals surface area contributed by atoms with E-state index in [0.29, 0.717) is 4.90 Å². The molecule has 0 aliphatic carbocycles. The summed E-state index contributed by atoms with van der Waals surface area (Å²) in [5, 5.41) is 2.69. The first-order valence-corrected chi connectivity index (χ1v) is 7.97. The molecule has 1 aliphatic heterocycles. The van der Waals surface area contributed by atoms with Gasteiger partial charge >= 0.3 is 17.8 Å². The van der Waals surface area contributed by atoms with Crippen molar-refractivity contribution < 1.29 is 19.2 Å². The largest absolute Gasteiger partial charge is 0.348 e. The highest BCUT2D eigenvalue weighted by molar-refractivity contribution is 9.10. The number of urea groups is 1. The molecule has 1 atom stereocenters. The molecular weight excluding hydrogens is 378 g/mol. The molecule has 1 saturated heterocycles. The number of benzene rings is 1. The van der Waals surface area contributed by atoms with Crippen LogP contribution >= 0.6 is 15.9 Å². The number of nitrogens with one attached hydrogen (secondary N) is 1. The van der Waals surface area contributed by atoms with Crippen molar-refractivity contribution in [3.8, 4) is 0 Å². The zero-order valence-corrected chi connectivity index (χ0v) is 14.6. The number of carbonyl (C=O) groups is 4. The fourth-order valence-corrected chi connectivity index (χ4v) is 2.51. The standard InChI is InChI=1S/C16H16BrN3O4/c1-3-8-19-14(22)15(23)20(16(19)24)9-13(21)18-10(2)11-4-6-12(17)7-5-11/h3-7,10H,1,8-9H2,2H3,(H,18,21)/t10-/m1/s1. The molecule has 0 saturated carbocycles. The highest BCUT2D eigenvalue weighted by Gasteiger charge is 2.44. The Balaban J connectivity index is 2.00. The van der Waals surface area contributed by atoms with Crippen LogP contribution in [-0.4, -0.2) is 46.6 Å². The van der Waals surface area contributed by atoms with Crippen molar-refractivity contribution in [1.82, 2.24) is 15.1 Å². The van der Waals surface area contributed by atoms with Gasteiger partial charge in [0.1, 0.15) is 6.54 Å². The Kier molecular flexibility index (Phi) is 5.50. The minimum absolute atomic E-state index is 0.0726. The lowest BCUT2D eigenvalue weighted by Crippen LogP contribution is -2.42. The first-order chi connectivity index (χ1) is 11.3. The van der Waals surface area contributed by atoms with Crippen LogP contribution in [-0.2, 0) is 14.4 Å². The predicted molar refractivity (Wildman–Crippen MR) is 89.7 cm³/mol. The minimum Gasteiger partial charge on any atom is -0.348 e. The number of hydrogen-bond donors (Lipinski definition) is 1. The fraction of sp³-hybridized carbons (Fsp3) is 0.250. The summed E-state index contributed by atoms with van der Waals surface area (Å²) in [6, 6.07) is 6.26. The number of amides is 5. The second-order valence-electron chi connectivity index (χ2n) is 5.22. The van der Waals surface area contributed by atoms with Crippen molar-refractivity contribution in [3.63, 3.8) is 0 Å². The Morgan fingerprint density at radius 2 is 1.79 bits per heavy atom. The van der Waals surface area contributed by atoms with Crippen molar-refractivity contribution >= 4 is 39.7 Å². The lowest BCUT2D eigenvalue weighted by atomic mass is 10.1. The molecular formula is C16H16BrN3O4. The number of carbonyl (C=O) groups excluding carboxylic acids is 4. The molecule has 1 aromatic rings. The van der Waals surface area contributed by atoms with Crippen LogP contribution in [0.4, 0.5) is 4.79 Å². The number of halogens is 1. The normalized spacial score (nSPS) is 15.7. The van der Waals surface area contributed by atoms with Gasteiger partial charge in [0, 0.05) is 11.0 Å². The second kappa shape index (κ2) is 7.39. The lowest BCUT2D eigenvalue weighted by molar-refractivity contribution is -0.143. The summed E-state index contributed by atoms with van der Waals surface area (Å²) >= 11 is 3.33. The smallest absolute Gasteiger partial charge is 0.335 e. The van der Waals surface area contributed by atoms with Crippen LogP contribution in [0.15, 0.2) is 41.4 Å². The van der Waals surface area contributed by atoms with E-state index in [9.17, 15) is 19.2 Å². The molecule has 1 aliphatic rings. The topological polar surface area (TPSA) is 86.8 Å². The van der Waals surface area contributed by atoms with E-state index in [1.807, 2.05) is 24.3 Å². The molecule has 0 radical (unpaired) electrons. The van der Waals surface area contributed by atoms with E-state index in [-0.39, 0.29) is 12.6 Å². The summed E-state index contributed by atoms with van der Waals surface area (Å²) < 4.78 is 0.916. The average Bonchev–Trinajstić information content (AvgIpc) is 2.73. The van der Waals surface area contributed by atoms with E-state index >= 15 is 0 Å². The van der Waals surface area contributed by atoms with Crippen LogP contribution in [0.25, 0.3) is 0 Å². The highest BCUT2D eigenvalue weighted by Crippen LogP contribution is 2.17. The van der Waals surface area contributed by atoms with Crippen molar-refractivity contribution in [2.24, 2.45) is 0 Å². The van der Waals surface area contributed by atoms with Crippen LogP contribution in [0.2, 0.25) is 0 Å². The quantitative estimate of drug-likeness (QED) is 0.451. The molecule has 0 bridgehead atoms. The maximum Gasteiger partial charge on any atom is 0.335 e. The van der Waals surface area contributed by atoms with Gasteiger partial charge in [-0.2, -0.15) is 0 Å². The van der Waals surface area contributed by atoms with Gasteiger partial charge in [0.25, 0.3) is 0 Å². The monoisotopic (exact) mass is 393 g/mol. The van der Waals surface area contributed by atoms with Gasteiger partial charge < -0.3 is 5.32 Å². The molecule has 1 N–H and O–H groups in total. The molecule has 8 heteroatoms. The Bertz CT molecular complexity index is 702. The molecule has 1 fully saturated rings. The zero-order valence-electron chi connectivity index (χ0n) is 13.0. The molecule has 2 rings (SSSR count). The van der Waals surface area contributed by atoms with E-state index in [1.165, 1.54) is 6.08 Å². The maximum absolute atomic E-state index is 12.1.